The van der Waals surface area contributed by atoms with E-state index in [0.717, 1.165) is 0 Å². The minimum atomic E-state index is -2.90. The minimum Gasteiger partial charge on any atom is -0.414 e. The molecule has 0 aromatic carbocycles. The molecule has 3 nitrogen and oxygen atoms in total. The molecule has 25 heavy (non-hydrogen) atoms. The third kappa shape index (κ3) is 3.64. The Hall–Kier alpha value is 0.174. The summed E-state index contributed by atoms with van der Waals surface area (Å²) in [5.41, 5.74) is 0.684. The van der Waals surface area contributed by atoms with Gasteiger partial charge in [0.2, 0.25) is 0 Å². The number of alkyl halides is 2. The summed E-state index contributed by atoms with van der Waals surface area (Å²) in [5.74, 6) is -3.01. The summed E-state index contributed by atoms with van der Waals surface area (Å²) in [6.45, 7) is 17.2. The molecule has 2 unspecified atom stereocenters. The van der Waals surface area contributed by atoms with Gasteiger partial charge in [0.15, 0.2) is 0 Å². The fraction of sp³-hybridized carbons (Fsp3) is 1.00. The second-order valence-corrected chi connectivity index (χ2v) is 17.9. The third-order valence-electron chi connectivity index (χ3n) is 6.07. The van der Waals surface area contributed by atoms with Gasteiger partial charge in [0.25, 0.3) is 5.92 Å². The lowest BCUT2D eigenvalue weighted by Crippen LogP contribution is -2.65. The molecule has 0 amide bonds. The third-order valence-corrected chi connectivity index (χ3v) is 16.3. The van der Waals surface area contributed by atoms with E-state index in [1.807, 2.05) is 0 Å². The molecule has 0 aromatic rings. The summed E-state index contributed by atoms with van der Waals surface area (Å²) in [4.78, 5) is 0. The summed E-state index contributed by atoms with van der Waals surface area (Å²) in [6, 6.07) is 0. The highest BCUT2D eigenvalue weighted by Gasteiger charge is 2.63. The van der Waals surface area contributed by atoms with E-state index in [-0.39, 0.29) is 34.5 Å². The van der Waals surface area contributed by atoms with Crippen LogP contribution in [-0.4, -0.2) is 35.8 Å². The lowest BCUT2D eigenvalue weighted by Gasteiger charge is -2.51. The minimum absolute atomic E-state index is 0.0932. The van der Waals surface area contributed by atoms with Gasteiger partial charge < -0.3 is 13.0 Å². The van der Waals surface area contributed by atoms with Crippen molar-refractivity contribution < 1.29 is 21.7 Å². The molecule has 148 valence electrons. The zero-order chi connectivity index (χ0) is 19.2. The van der Waals surface area contributed by atoms with Gasteiger partial charge in [0.05, 0.1) is 0 Å². The van der Waals surface area contributed by atoms with Gasteiger partial charge in [0.1, 0.15) is 6.10 Å². The summed E-state index contributed by atoms with van der Waals surface area (Å²) >= 11 is 0. The normalized spacial score (nSPS) is 31.4. The molecule has 1 saturated carbocycles. The van der Waals surface area contributed by atoms with Gasteiger partial charge in [-0.15, -0.1) is 0 Å². The van der Waals surface area contributed by atoms with Gasteiger partial charge in [-0.2, -0.15) is 0 Å². The number of hydrogen-bond acceptors (Lipinski definition) is 3. The summed E-state index contributed by atoms with van der Waals surface area (Å²) in [5, 5.41) is 0. The van der Waals surface area contributed by atoms with Gasteiger partial charge in [-0.05, 0) is 28.6 Å². The van der Waals surface area contributed by atoms with Crippen molar-refractivity contribution in [2.45, 2.75) is 102 Å². The average Bonchev–Trinajstić information content (AvgIpc) is 2.71. The molecule has 2 aliphatic rings. The van der Waals surface area contributed by atoms with Gasteiger partial charge in [-0.25, -0.2) is 8.78 Å². The summed E-state index contributed by atoms with van der Waals surface area (Å²) in [6.07, 6.45) is -0.696. The Morgan fingerprint density at radius 1 is 0.840 bits per heavy atom. The van der Waals surface area contributed by atoms with Crippen LogP contribution in [0.2, 0.25) is 22.2 Å². The highest BCUT2D eigenvalue weighted by molar-refractivity contribution is 6.83. The van der Waals surface area contributed by atoms with E-state index >= 15 is 0 Å². The second-order valence-electron chi connectivity index (χ2n) is 9.07. The van der Waals surface area contributed by atoms with Gasteiger partial charge in [-0.3, -0.25) is 0 Å². The quantitative estimate of drug-likeness (QED) is 0.548. The molecule has 2 fully saturated rings. The maximum Gasteiger partial charge on any atom is 0.335 e. The molecular weight excluding hydrogens is 358 g/mol. The Kier molecular flexibility index (Phi) is 6.27. The first-order valence-electron chi connectivity index (χ1n) is 9.78. The van der Waals surface area contributed by atoms with Gasteiger partial charge in [0, 0.05) is 18.9 Å². The topological polar surface area (TPSA) is 27.7 Å². The van der Waals surface area contributed by atoms with Crippen molar-refractivity contribution in [3.8, 4) is 0 Å². The molecule has 1 aliphatic carbocycles. The van der Waals surface area contributed by atoms with E-state index in [9.17, 15) is 8.78 Å². The van der Waals surface area contributed by atoms with Crippen LogP contribution in [0.5, 0.6) is 0 Å². The van der Waals surface area contributed by atoms with Crippen molar-refractivity contribution >= 4 is 17.1 Å². The lowest BCUT2D eigenvalue weighted by atomic mass is 10.1. The summed E-state index contributed by atoms with van der Waals surface area (Å²) < 4.78 is 49.0. The molecule has 0 spiro atoms. The first-order chi connectivity index (χ1) is 11.4. The molecule has 2 atom stereocenters. The monoisotopic (exact) mass is 394 g/mol. The maximum absolute atomic E-state index is 14.6. The van der Waals surface area contributed by atoms with Crippen LogP contribution in [0, 0.1) is 5.92 Å². The van der Waals surface area contributed by atoms with Gasteiger partial charge >= 0.3 is 17.1 Å². The fourth-order valence-electron chi connectivity index (χ4n) is 4.52. The summed E-state index contributed by atoms with van der Waals surface area (Å²) in [7, 11) is -5.49. The van der Waals surface area contributed by atoms with E-state index < -0.39 is 29.1 Å². The van der Waals surface area contributed by atoms with E-state index in [0.29, 0.717) is 13.0 Å². The zero-order valence-corrected chi connectivity index (χ0v) is 19.1. The molecule has 0 radical (unpaired) electrons. The van der Waals surface area contributed by atoms with Crippen molar-refractivity contribution in [1.29, 1.82) is 0 Å². The molecular formula is C18H36F2O3Si2. The predicted octanol–water partition coefficient (Wildman–Crippen LogP) is 5.99. The first-order valence-corrected chi connectivity index (χ1v) is 13.7. The fourth-order valence-corrected chi connectivity index (χ4v) is 15.8. The first kappa shape index (κ1) is 21.5. The van der Waals surface area contributed by atoms with Crippen molar-refractivity contribution in [3.05, 3.63) is 0 Å². The van der Waals surface area contributed by atoms with Crippen LogP contribution in [-0.2, 0) is 13.0 Å². The molecule has 0 N–H and O–H groups in total. The smallest absolute Gasteiger partial charge is 0.335 e. The molecule has 1 heterocycles. The van der Waals surface area contributed by atoms with E-state index in [2.05, 4.69) is 55.4 Å². The van der Waals surface area contributed by atoms with Crippen LogP contribution < -0.4 is 0 Å². The Bertz CT molecular complexity index is 453. The van der Waals surface area contributed by atoms with Crippen LogP contribution in [0.3, 0.4) is 0 Å². The standard InChI is InChI=1S/C18H36F2O3Si2/c1-12(2)24(13(3)4)21-11-16-9-10-18(19,20)17(16)22-25(23-24,14(5)6)15(7)8/h12-17H,9-11H2,1-8H3. The van der Waals surface area contributed by atoms with Crippen LogP contribution in [0.15, 0.2) is 0 Å². The predicted molar refractivity (Wildman–Crippen MR) is 101 cm³/mol. The van der Waals surface area contributed by atoms with Crippen LogP contribution in [0.4, 0.5) is 8.78 Å². The van der Waals surface area contributed by atoms with E-state index in [1.165, 1.54) is 0 Å². The number of rotatable bonds is 4. The van der Waals surface area contributed by atoms with Crippen molar-refractivity contribution in [3.63, 3.8) is 0 Å². The van der Waals surface area contributed by atoms with Crippen LogP contribution in [0.25, 0.3) is 0 Å². The molecule has 1 saturated heterocycles. The number of hydrogen-bond donors (Lipinski definition) is 0. The SMILES string of the molecule is CC(C)[Si]1(C(C)C)OCC2CCC(F)(F)C2O[Si](C(C)C)(C(C)C)O1. The highest BCUT2D eigenvalue weighted by Crippen LogP contribution is 2.51. The molecule has 7 heteroatoms. The van der Waals surface area contributed by atoms with Crippen molar-refractivity contribution in [1.82, 2.24) is 0 Å². The van der Waals surface area contributed by atoms with Gasteiger partial charge in [-0.1, -0.05) is 55.4 Å². The molecule has 1 aliphatic heterocycles. The number of halogens is 2. The highest BCUT2D eigenvalue weighted by atomic mass is 28.5. The Labute approximate surface area is 154 Å². The largest absolute Gasteiger partial charge is 0.414 e. The van der Waals surface area contributed by atoms with Crippen molar-refractivity contribution in [2.24, 2.45) is 5.92 Å². The molecule has 2 rings (SSSR count). The lowest BCUT2D eigenvalue weighted by molar-refractivity contribution is -0.109. The van der Waals surface area contributed by atoms with E-state index in [1.54, 1.807) is 0 Å². The average molecular weight is 395 g/mol. The zero-order valence-electron chi connectivity index (χ0n) is 17.1. The molecule has 0 bridgehead atoms. The maximum atomic E-state index is 14.6. The second kappa shape index (κ2) is 7.30. The Balaban J connectivity index is 2.55. The van der Waals surface area contributed by atoms with E-state index in [4.69, 9.17) is 13.0 Å². The Morgan fingerprint density at radius 2 is 1.32 bits per heavy atom. The number of fused-ring (bicyclic) bond motifs is 1. The van der Waals surface area contributed by atoms with Crippen LogP contribution in [0.1, 0.15) is 68.2 Å². The van der Waals surface area contributed by atoms with Crippen LogP contribution >= 0.6 is 0 Å². The van der Waals surface area contributed by atoms with Crippen molar-refractivity contribution in [2.75, 3.05) is 6.61 Å². The Morgan fingerprint density at radius 3 is 1.76 bits per heavy atom. The molecule has 0 aromatic heterocycles.